The van der Waals surface area contributed by atoms with E-state index in [1.165, 1.54) is 16.9 Å². The van der Waals surface area contributed by atoms with Crippen LogP contribution in [0.15, 0.2) is 35.7 Å². The largest absolute Gasteiger partial charge is 0.379 e. The first-order chi connectivity index (χ1) is 12.7. The van der Waals surface area contributed by atoms with E-state index in [1.54, 1.807) is 5.38 Å². The van der Waals surface area contributed by atoms with Crippen molar-refractivity contribution in [3.05, 3.63) is 52.0 Å². The number of rotatable bonds is 8. The molecule has 6 nitrogen and oxygen atoms in total. The molecule has 0 radical (unpaired) electrons. The fourth-order valence-corrected chi connectivity index (χ4v) is 3.74. The van der Waals surface area contributed by atoms with E-state index in [-0.39, 0.29) is 11.9 Å². The maximum absolute atomic E-state index is 12.2. The summed E-state index contributed by atoms with van der Waals surface area (Å²) < 4.78 is 5.33. The number of aromatic nitrogens is 1. The first-order valence-corrected chi connectivity index (χ1v) is 9.93. The molecule has 7 heteroatoms. The highest BCUT2D eigenvalue weighted by Crippen LogP contribution is 2.20. The zero-order chi connectivity index (χ0) is 18.2. The minimum Gasteiger partial charge on any atom is -0.379 e. The maximum Gasteiger partial charge on any atom is 0.270 e. The van der Waals surface area contributed by atoms with Gasteiger partial charge < -0.3 is 15.8 Å². The summed E-state index contributed by atoms with van der Waals surface area (Å²) in [6, 6.07) is 9.90. The summed E-state index contributed by atoms with van der Waals surface area (Å²) in [4.78, 5) is 19.0. The number of hydrogen-bond acceptors (Lipinski definition) is 6. The molecule has 0 bridgehead atoms. The predicted molar refractivity (Wildman–Crippen MR) is 103 cm³/mol. The van der Waals surface area contributed by atoms with Gasteiger partial charge in [0.25, 0.3) is 5.91 Å². The van der Waals surface area contributed by atoms with Gasteiger partial charge in [0.2, 0.25) is 0 Å². The quantitative estimate of drug-likeness (QED) is 0.689. The first kappa shape index (κ1) is 19.0. The lowest BCUT2D eigenvalue weighted by atomic mass is 10.1. The van der Waals surface area contributed by atoms with E-state index in [0.29, 0.717) is 12.2 Å². The van der Waals surface area contributed by atoms with Crippen LogP contribution in [0.5, 0.6) is 0 Å². The van der Waals surface area contributed by atoms with Crippen LogP contribution in [0.3, 0.4) is 0 Å². The van der Waals surface area contributed by atoms with Crippen molar-refractivity contribution < 1.29 is 9.53 Å². The topological polar surface area (TPSA) is 80.5 Å². The Labute approximate surface area is 158 Å². The lowest BCUT2D eigenvalue weighted by Crippen LogP contribution is -2.38. The molecule has 0 spiro atoms. The summed E-state index contributed by atoms with van der Waals surface area (Å²) >= 11 is 1.45. The highest BCUT2D eigenvalue weighted by atomic mass is 32.1. The van der Waals surface area contributed by atoms with Crippen LogP contribution in [0.4, 0.5) is 0 Å². The molecule has 1 saturated heterocycles. The van der Waals surface area contributed by atoms with Crippen LogP contribution in [-0.2, 0) is 11.2 Å². The standard InChI is InChI=1S/C19H26N4O2S/c20-16(13-15-5-2-1-3-6-15)19-22-17(14-26-19)18(24)21-7-4-8-23-9-11-25-12-10-23/h1-3,5-6,14,16H,4,7-13,20H2,(H,21,24). The number of ether oxygens (including phenoxy) is 1. The highest BCUT2D eigenvalue weighted by molar-refractivity contribution is 7.09. The minimum absolute atomic E-state index is 0.124. The van der Waals surface area contributed by atoms with E-state index in [9.17, 15) is 4.79 Å². The number of nitrogens with zero attached hydrogens (tertiary/aromatic N) is 2. The van der Waals surface area contributed by atoms with Crippen molar-refractivity contribution >= 4 is 17.2 Å². The van der Waals surface area contributed by atoms with E-state index >= 15 is 0 Å². The number of nitrogens with one attached hydrogen (secondary N) is 1. The number of carbonyl (C=O) groups is 1. The van der Waals surface area contributed by atoms with Gasteiger partial charge in [0.05, 0.1) is 19.3 Å². The Morgan fingerprint density at radius 3 is 2.85 bits per heavy atom. The SMILES string of the molecule is NC(Cc1ccccc1)c1nc(C(=O)NCCCN2CCOCC2)cs1. The molecule has 1 amide bonds. The first-order valence-electron chi connectivity index (χ1n) is 9.05. The molecule has 1 fully saturated rings. The van der Waals surface area contributed by atoms with E-state index in [1.807, 2.05) is 18.2 Å². The molecule has 2 aromatic rings. The molecule has 140 valence electrons. The Balaban J connectivity index is 1.42. The lowest BCUT2D eigenvalue weighted by Gasteiger charge is -2.26. The number of thiazole rings is 1. The van der Waals surface area contributed by atoms with Crippen molar-refractivity contribution in [2.75, 3.05) is 39.4 Å². The van der Waals surface area contributed by atoms with Gasteiger partial charge in [-0.2, -0.15) is 0 Å². The summed E-state index contributed by atoms with van der Waals surface area (Å²) in [7, 11) is 0. The fourth-order valence-electron chi connectivity index (χ4n) is 2.94. The van der Waals surface area contributed by atoms with Crippen LogP contribution in [0.1, 0.15) is 33.5 Å². The van der Waals surface area contributed by atoms with Crippen molar-refractivity contribution in [3.8, 4) is 0 Å². The Morgan fingerprint density at radius 1 is 1.31 bits per heavy atom. The molecule has 1 aromatic heterocycles. The average molecular weight is 375 g/mol. The summed E-state index contributed by atoms with van der Waals surface area (Å²) in [5.41, 5.74) is 7.87. The molecule has 1 atom stereocenters. The van der Waals surface area contributed by atoms with Crippen molar-refractivity contribution in [3.63, 3.8) is 0 Å². The van der Waals surface area contributed by atoms with Crippen molar-refractivity contribution in [2.24, 2.45) is 5.73 Å². The second-order valence-electron chi connectivity index (χ2n) is 6.43. The molecule has 3 rings (SSSR count). The van der Waals surface area contributed by atoms with Gasteiger partial charge in [0.1, 0.15) is 10.7 Å². The van der Waals surface area contributed by atoms with Crippen LogP contribution in [0.25, 0.3) is 0 Å². The minimum atomic E-state index is -0.190. The number of benzene rings is 1. The van der Waals surface area contributed by atoms with Gasteiger partial charge in [0, 0.05) is 25.0 Å². The van der Waals surface area contributed by atoms with Gasteiger partial charge in [-0.15, -0.1) is 11.3 Å². The summed E-state index contributed by atoms with van der Waals surface area (Å²) in [6.07, 6.45) is 1.64. The molecule has 0 saturated carbocycles. The molecular weight excluding hydrogens is 348 g/mol. The molecule has 0 aliphatic carbocycles. The molecular formula is C19H26N4O2S. The third-order valence-corrected chi connectivity index (χ3v) is 5.39. The molecule has 3 N–H and O–H groups in total. The third-order valence-electron chi connectivity index (χ3n) is 4.41. The average Bonchev–Trinajstić information content (AvgIpc) is 3.17. The Hall–Kier alpha value is -1.80. The normalized spacial score (nSPS) is 16.3. The van der Waals surface area contributed by atoms with Gasteiger partial charge >= 0.3 is 0 Å². The Morgan fingerprint density at radius 2 is 2.08 bits per heavy atom. The predicted octanol–water partition coefficient (Wildman–Crippen LogP) is 1.84. The van der Waals surface area contributed by atoms with E-state index in [0.717, 1.165) is 50.7 Å². The Bertz CT molecular complexity index is 686. The van der Waals surface area contributed by atoms with Crippen LogP contribution in [-0.4, -0.2) is 55.2 Å². The zero-order valence-electron chi connectivity index (χ0n) is 14.9. The zero-order valence-corrected chi connectivity index (χ0v) is 15.7. The molecule has 1 aliphatic heterocycles. The molecule has 26 heavy (non-hydrogen) atoms. The number of morpholine rings is 1. The summed E-state index contributed by atoms with van der Waals surface area (Å²) in [6.45, 7) is 5.19. The molecule has 1 aliphatic rings. The maximum atomic E-state index is 12.2. The van der Waals surface area contributed by atoms with Crippen LogP contribution in [0, 0.1) is 0 Å². The van der Waals surface area contributed by atoms with Crippen molar-refractivity contribution in [1.82, 2.24) is 15.2 Å². The van der Waals surface area contributed by atoms with Gasteiger partial charge in [-0.25, -0.2) is 4.98 Å². The number of carbonyl (C=O) groups excluding carboxylic acids is 1. The smallest absolute Gasteiger partial charge is 0.270 e. The monoisotopic (exact) mass is 374 g/mol. The number of amides is 1. The van der Waals surface area contributed by atoms with E-state index in [4.69, 9.17) is 10.5 Å². The van der Waals surface area contributed by atoms with Gasteiger partial charge in [-0.3, -0.25) is 9.69 Å². The van der Waals surface area contributed by atoms with Gasteiger partial charge in [-0.1, -0.05) is 30.3 Å². The lowest BCUT2D eigenvalue weighted by molar-refractivity contribution is 0.0374. The third kappa shape index (κ3) is 5.60. The van der Waals surface area contributed by atoms with Crippen LogP contribution >= 0.6 is 11.3 Å². The second kappa shape index (κ2) is 9.78. The fraction of sp³-hybridized carbons (Fsp3) is 0.474. The second-order valence-corrected chi connectivity index (χ2v) is 7.32. The highest BCUT2D eigenvalue weighted by Gasteiger charge is 2.16. The van der Waals surface area contributed by atoms with E-state index in [2.05, 4.69) is 27.3 Å². The summed E-state index contributed by atoms with van der Waals surface area (Å²) in [5.74, 6) is -0.124. The van der Waals surface area contributed by atoms with E-state index < -0.39 is 0 Å². The molecule has 2 heterocycles. The van der Waals surface area contributed by atoms with Crippen LogP contribution < -0.4 is 11.1 Å². The van der Waals surface area contributed by atoms with Crippen molar-refractivity contribution in [2.45, 2.75) is 18.9 Å². The van der Waals surface area contributed by atoms with Crippen molar-refractivity contribution in [1.29, 1.82) is 0 Å². The molecule has 1 aromatic carbocycles. The number of hydrogen-bond donors (Lipinski definition) is 2. The van der Waals surface area contributed by atoms with Gasteiger partial charge in [-0.05, 0) is 24.9 Å². The number of nitrogens with two attached hydrogens (primary N) is 1. The Kier molecular flexibility index (Phi) is 7.13. The molecule has 1 unspecified atom stereocenters. The van der Waals surface area contributed by atoms with Gasteiger partial charge in [0.15, 0.2) is 0 Å². The summed E-state index contributed by atoms with van der Waals surface area (Å²) in [5, 5.41) is 5.53. The van der Waals surface area contributed by atoms with Crippen LogP contribution in [0.2, 0.25) is 0 Å².